The highest BCUT2D eigenvalue weighted by molar-refractivity contribution is 5.99. The Hall–Kier alpha value is -2.37. The molecule has 2 atom stereocenters. The summed E-state index contributed by atoms with van der Waals surface area (Å²) in [5.41, 5.74) is 5.88. The van der Waals surface area contributed by atoms with Gasteiger partial charge in [0.1, 0.15) is 0 Å². The molecule has 6 nitrogen and oxygen atoms in total. The third-order valence-corrected chi connectivity index (χ3v) is 4.59. The minimum atomic E-state index is -0.835. The van der Waals surface area contributed by atoms with E-state index in [4.69, 9.17) is 5.73 Å². The van der Waals surface area contributed by atoms with Gasteiger partial charge in [0, 0.05) is 24.2 Å². The Balaban J connectivity index is 1.79. The highest BCUT2D eigenvalue weighted by Gasteiger charge is 2.46. The van der Waals surface area contributed by atoms with Crippen molar-refractivity contribution in [2.75, 3.05) is 13.1 Å². The summed E-state index contributed by atoms with van der Waals surface area (Å²) in [6.45, 7) is 0.706. The fourth-order valence-corrected chi connectivity index (χ4v) is 3.25. The van der Waals surface area contributed by atoms with Crippen LogP contribution in [0.15, 0.2) is 24.3 Å². The number of hydrogen-bond donors (Lipinski definition) is 2. The molecule has 0 radical (unpaired) electrons. The summed E-state index contributed by atoms with van der Waals surface area (Å²) in [5.74, 6) is -1.68. The monoisotopic (exact) mass is 302 g/mol. The van der Waals surface area contributed by atoms with Crippen LogP contribution < -0.4 is 5.73 Å². The fraction of sp³-hybridized carbons (Fsp3) is 0.438. The molecule has 6 heteroatoms. The largest absolute Gasteiger partial charge is 0.481 e. The number of carbonyl (C=O) groups excluding carboxylic acids is 2. The average Bonchev–Trinajstić information content (AvgIpc) is 3.25. The van der Waals surface area contributed by atoms with E-state index in [1.54, 1.807) is 23.1 Å². The molecule has 116 valence electrons. The molecule has 2 amide bonds. The van der Waals surface area contributed by atoms with Crippen molar-refractivity contribution < 1.29 is 19.5 Å². The maximum absolute atomic E-state index is 12.6. The van der Waals surface area contributed by atoms with Crippen LogP contribution in [0.25, 0.3) is 0 Å². The minimum absolute atomic E-state index is 0.0424. The van der Waals surface area contributed by atoms with Crippen molar-refractivity contribution in [3.05, 3.63) is 35.4 Å². The second-order valence-corrected chi connectivity index (χ2v) is 6.10. The SMILES string of the molecule is NC(=O)c1cccc(C(=O)N2C[C@H](C(=O)O)[C@@H](C3CC3)C2)c1. The summed E-state index contributed by atoms with van der Waals surface area (Å²) in [5, 5.41) is 9.35. The van der Waals surface area contributed by atoms with Crippen molar-refractivity contribution in [3.63, 3.8) is 0 Å². The summed E-state index contributed by atoms with van der Waals surface area (Å²) in [6, 6.07) is 6.24. The van der Waals surface area contributed by atoms with Crippen molar-refractivity contribution >= 4 is 17.8 Å². The molecule has 3 rings (SSSR count). The molecular weight excluding hydrogens is 284 g/mol. The lowest BCUT2D eigenvalue weighted by Gasteiger charge is -2.16. The Morgan fingerprint density at radius 2 is 1.82 bits per heavy atom. The lowest BCUT2D eigenvalue weighted by Crippen LogP contribution is -2.30. The standard InChI is InChI=1S/C16H18N2O4/c17-14(19)10-2-1-3-11(6-10)15(20)18-7-12(9-4-5-9)13(8-18)16(21)22/h1-3,6,9,12-13H,4-5,7-8H2,(H2,17,19)(H,21,22)/t12-,13+/m1/s1. The third-order valence-electron chi connectivity index (χ3n) is 4.59. The predicted molar refractivity (Wildman–Crippen MR) is 78.2 cm³/mol. The number of rotatable bonds is 4. The van der Waals surface area contributed by atoms with E-state index >= 15 is 0 Å². The smallest absolute Gasteiger partial charge is 0.308 e. The van der Waals surface area contributed by atoms with Crippen LogP contribution in [0.5, 0.6) is 0 Å². The van der Waals surface area contributed by atoms with Gasteiger partial charge in [0.25, 0.3) is 5.91 Å². The van der Waals surface area contributed by atoms with Crippen LogP contribution in [0.3, 0.4) is 0 Å². The minimum Gasteiger partial charge on any atom is -0.481 e. The molecule has 2 aliphatic rings. The lowest BCUT2D eigenvalue weighted by molar-refractivity contribution is -0.142. The number of amides is 2. The van der Waals surface area contributed by atoms with Crippen molar-refractivity contribution in [1.82, 2.24) is 4.90 Å². The molecule has 22 heavy (non-hydrogen) atoms. The number of primary amides is 1. The fourth-order valence-electron chi connectivity index (χ4n) is 3.25. The van der Waals surface area contributed by atoms with Crippen molar-refractivity contribution in [2.45, 2.75) is 12.8 Å². The third kappa shape index (κ3) is 2.68. The van der Waals surface area contributed by atoms with Crippen molar-refractivity contribution in [3.8, 4) is 0 Å². The Bertz CT molecular complexity index is 639. The zero-order valence-electron chi connectivity index (χ0n) is 12.1. The first-order valence-corrected chi connectivity index (χ1v) is 7.39. The number of carbonyl (C=O) groups is 3. The zero-order chi connectivity index (χ0) is 15.9. The van der Waals surface area contributed by atoms with Gasteiger partial charge in [-0.05, 0) is 42.9 Å². The first-order valence-electron chi connectivity index (χ1n) is 7.39. The van der Waals surface area contributed by atoms with Crippen LogP contribution in [0.1, 0.15) is 33.6 Å². The molecule has 1 aromatic rings. The van der Waals surface area contributed by atoms with Crippen LogP contribution in [0, 0.1) is 17.8 Å². The van der Waals surface area contributed by atoms with E-state index in [0.717, 1.165) is 12.8 Å². The van der Waals surface area contributed by atoms with E-state index in [2.05, 4.69) is 0 Å². The van der Waals surface area contributed by atoms with Gasteiger partial charge < -0.3 is 15.7 Å². The Labute approximate surface area is 127 Å². The summed E-state index contributed by atoms with van der Waals surface area (Å²) >= 11 is 0. The quantitative estimate of drug-likeness (QED) is 0.865. The Kier molecular flexibility index (Phi) is 3.60. The van der Waals surface area contributed by atoms with Crippen molar-refractivity contribution in [1.29, 1.82) is 0 Å². The van der Waals surface area contributed by atoms with Crippen molar-refractivity contribution in [2.24, 2.45) is 23.5 Å². The van der Waals surface area contributed by atoms with E-state index in [-0.39, 0.29) is 23.9 Å². The summed E-state index contributed by atoms with van der Waals surface area (Å²) in [4.78, 5) is 36.7. The summed E-state index contributed by atoms with van der Waals surface area (Å²) in [7, 11) is 0. The molecule has 1 saturated heterocycles. The molecular formula is C16H18N2O4. The number of carboxylic acids is 1. The molecule has 0 unspecified atom stereocenters. The molecule has 0 aromatic heterocycles. The molecule has 1 aliphatic heterocycles. The number of likely N-dealkylation sites (tertiary alicyclic amines) is 1. The van der Waals surface area contributed by atoms with E-state index in [1.807, 2.05) is 0 Å². The number of hydrogen-bond acceptors (Lipinski definition) is 3. The van der Waals surface area contributed by atoms with Gasteiger partial charge in [-0.3, -0.25) is 14.4 Å². The topological polar surface area (TPSA) is 101 Å². The molecule has 0 spiro atoms. The number of nitrogens with two attached hydrogens (primary N) is 1. The van der Waals surface area contributed by atoms with Gasteiger partial charge in [0.15, 0.2) is 0 Å². The van der Waals surface area contributed by atoms with Gasteiger partial charge in [-0.1, -0.05) is 6.07 Å². The second-order valence-electron chi connectivity index (χ2n) is 6.10. The van der Waals surface area contributed by atoms with Gasteiger partial charge in [-0.15, -0.1) is 0 Å². The van der Waals surface area contributed by atoms with E-state index in [0.29, 0.717) is 18.0 Å². The van der Waals surface area contributed by atoms with Gasteiger partial charge in [-0.2, -0.15) is 0 Å². The molecule has 1 aliphatic carbocycles. The first kappa shape index (κ1) is 14.6. The zero-order valence-corrected chi connectivity index (χ0v) is 12.1. The van der Waals surface area contributed by atoms with Crippen LogP contribution in [0.4, 0.5) is 0 Å². The molecule has 0 bridgehead atoms. The molecule has 3 N–H and O–H groups in total. The Morgan fingerprint density at radius 1 is 1.14 bits per heavy atom. The molecule has 1 saturated carbocycles. The Morgan fingerprint density at radius 3 is 2.41 bits per heavy atom. The van der Waals surface area contributed by atoms with Crippen LogP contribution in [-0.2, 0) is 4.79 Å². The number of nitrogens with zero attached hydrogens (tertiary/aromatic N) is 1. The van der Waals surface area contributed by atoms with Gasteiger partial charge in [0.05, 0.1) is 5.92 Å². The van der Waals surface area contributed by atoms with Gasteiger partial charge in [0.2, 0.25) is 5.91 Å². The molecule has 2 fully saturated rings. The predicted octanol–water partition coefficient (Wildman–Crippen LogP) is 0.968. The number of carboxylic acid groups (broad SMARTS) is 1. The summed E-state index contributed by atoms with van der Waals surface area (Å²) < 4.78 is 0. The van der Waals surface area contributed by atoms with Crippen LogP contribution in [0.2, 0.25) is 0 Å². The molecule has 1 aromatic carbocycles. The number of benzene rings is 1. The lowest BCUT2D eigenvalue weighted by atomic mass is 9.92. The second kappa shape index (κ2) is 5.44. The highest BCUT2D eigenvalue weighted by atomic mass is 16.4. The van der Waals surface area contributed by atoms with E-state index in [1.165, 1.54) is 6.07 Å². The molecule has 1 heterocycles. The number of aliphatic carboxylic acids is 1. The van der Waals surface area contributed by atoms with Gasteiger partial charge in [-0.25, -0.2) is 0 Å². The maximum atomic E-state index is 12.6. The van der Waals surface area contributed by atoms with Crippen LogP contribution >= 0.6 is 0 Å². The van der Waals surface area contributed by atoms with Gasteiger partial charge >= 0.3 is 5.97 Å². The highest BCUT2D eigenvalue weighted by Crippen LogP contribution is 2.44. The van der Waals surface area contributed by atoms with E-state index < -0.39 is 17.8 Å². The first-order chi connectivity index (χ1) is 10.5. The van der Waals surface area contributed by atoms with Crippen LogP contribution in [-0.4, -0.2) is 40.9 Å². The van der Waals surface area contributed by atoms with E-state index in [9.17, 15) is 19.5 Å². The maximum Gasteiger partial charge on any atom is 0.308 e. The summed E-state index contributed by atoms with van der Waals surface area (Å²) in [6.07, 6.45) is 2.10. The normalized spacial score (nSPS) is 24.3. The average molecular weight is 302 g/mol.